The van der Waals surface area contributed by atoms with E-state index in [1.165, 1.54) is 0 Å². The SMILES string of the molecule is Clc1nc(-c2ccccc2)nc(-c2cc(-c3ccccc3)c3c(c2)oc2ccccc23)n1. The highest BCUT2D eigenvalue weighted by Gasteiger charge is 2.17. The van der Waals surface area contributed by atoms with Crippen molar-refractivity contribution in [3.63, 3.8) is 0 Å². The molecule has 0 aliphatic rings. The molecule has 4 aromatic carbocycles. The second-order valence-electron chi connectivity index (χ2n) is 7.48. The number of rotatable bonds is 3. The number of halogens is 1. The Labute approximate surface area is 189 Å². The number of aromatic nitrogens is 3. The summed E-state index contributed by atoms with van der Waals surface area (Å²) in [6.07, 6.45) is 0. The van der Waals surface area contributed by atoms with Crippen molar-refractivity contribution in [3.8, 4) is 33.9 Å². The summed E-state index contributed by atoms with van der Waals surface area (Å²) in [5, 5.41) is 2.30. The Morgan fingerprint density at radius 2 is 1.19 bits per heavy atom. The number of benzene rings is 4. The Balaban J connectivity index is 1.63. The molecule has 0 saturated carbocycles. The first-order valence-corrected chi connectivity index (χ1v) is 10.6. The molecule has 6 rings (SSSR count). The molecule has 0 amide bonds. The minimum Gasteiger partial charge on any atom is -0.456 e. The van der Waals surface area contributed by atoms with Crippen molar-refractivity contribution in [2.45, 2.75) is 0 Å². The smallest absolute Gasteiger partial charge is 0.226 e. The molecule has 32 heavy (non-hydrogen) atoms. The van der Waals surface area contributed by atoms with Crippen LogP contribution in [0, 0.1) is 0 Å². The molecule has 0 aliphatic heterocycles. The quantitative estimate of drug-likeness (QED) is 0.291. The van der Waals surface area contributed by atoms with Crippen molar-refractivity contribution in [2.24, 2.45) is 0 Å². The van der Waals surface area contributed by atoms with Gasteiger partial charge in [-0.05, 0) is 40.9 Å². The van der Waals surface area contributed by atoms with Crippen molar-refractivity contribution in [1.29, 1.82) is 0 Å². The lowest BCUT2D eigenvalue weighted by Crippen LogP contribution is -1.97. The Kier molecular flexibility index (Phi) is 4.44. The van der Waals surface area contributed by atoms with E-state index in [0.29, 0.717) is 11.6 Å². The van der Waals surface area contributed by atoms with Gasteiger partial charge in [0.25, 0.3) is 0 Å². The van der Waals surface area contributed by atoms with Crippen molar-refractivity contribution in [2.75, 3.05) is 0 Å². The highest BCUT2D eigenvalue weighted by Crippen LogP contribution is 2.39. The summed E-state index contributed by atoms with van der Waals surface area (Å²) in [6, 6.07) is 32.1. The van der Waals surface area contributed by atoms with Gasteiger partial charge in [0.2, 0.25) is 5.28 Å². The summed E-state index contributed by atoms with van der Waals surface area (Å²) in [4.78, 5) is 13.5. The fraction of sp³-hybridized carbons (Fsp3) is 0. The molecule has 0 bridgehead atoms. The minimum absolute atomic E-state index is 0.153. The maximum Gasteiger partial charge on any atom is 0.226 e. The monoisotopic (exact) mass is 433 g/mol. The molecule has 0 spiro atoms. The summed E-state index contributed by atoms with van der Waals surface area (Å²) >= 11 is 6.30. The van der Waals surface area contributed by atoms with Crippen LogP contribution in [0.5, 0.6) is 0 Å². The summed E-state index contributed by atoms with van der Waals surface area (Å²) in [5.74, 6) is 1.04. The number of fused-ring (bicyclic) bond motifs is 3. The molecule has 0 fully saturated rings. The predicted octanol–water partition coefficient (Wildman–Crippen LogP) is 7.43. The van der Waals surface area contributed by atoms with Crippen LogP contribution in [0.15, 0.2) is 101 Å². The van der Waals surface area contributed by atoms with Crippen molar-refractivity contribution < 1.29 is 4.42 Å². The van der Waals surface area contributed by atoms with Gasteiger partial charge in [-0.15, -0.1) is 0 Å². The van der Waals surface area contributed by atoms with Crippen LogP contribution >= 0.6 is 11.6 Å². The first-order valence-electron chi connectivity index (χ1n) is 10.2. The number of hydrogen-bond donors (Lipinski definition) is 0. The maximum atomic E-state index is 6.30. The molecule has 5 heteroatoms. The van der Waals surface area contributed by atoms with E-state index >= 15 is 0 Å². The fourth-order valence-corrected chi connectivity index (χ4v) is 4.18. The molecule has 0 N–H and O–H groups in total. The van der Waals surface area contributed by atoms with Crippen molar-refractivity contribution in [3.05, 3.63) is 102 Å². The van der Waals surface area contributed by atoms with Crippen LogP contribution in [0.2, 0.25) is 5.28 Å². The van der Waals surface area contributed by atoms with Gasteiger partial charge >= 0.3 is 0 Å². The van der Waals surface area contributed by atoms with Crippen molar-refractivity contribution in [1.82, 2.24) is 15.0 Å². The van der Waals surface area contributed by atoms with Gasteiger partial charge in [0, 0.05) is 21.9 Å². The van der Waals surface area contributed by atoms with E-state index in [1.54, 1.807) is 0 Å². The average Bonchev–Trinajstić information content (AvgIpc) is 3.23. The third-order valence-corrected chi connectivity index (χ3v) is 5.63. The van der Waals surface area contributed by atoms with Gasteiger partial charge in [0.1, 0.15) is 11.2 Å². The van der Waals surface area contributed by atoms with Gasteiger partial charge < -0.3 is 4.42 Å². The van der Waals surface area contributed by atoms with E-state index in [2.05, 4.69) is 34.2 Å². The van der Waals surface area contributed by atoms with Crippen molar-refractivity contribution >= 4 is 33.5 Å². The second kappa shape index (κ2) is 7.59. The summed E-state index contributed by atoms with van der Waals surface area (Å²) in [5.41, 5.74) is 5.47. The van der Waals surface area contributed by atoms with Crippen LogP contribution in [0.25, 0.3) is 55.8 Å². The third kappa shape index (κ3) is 3.22. The third-order valence-electron chi connectivity index (χ3n) is 5.46. The van der Waals surface area contributed by atoms with Crippen LogP contribution in [0.4, 0.5) is 0 Å². The lowest BCUT2D eigenvalue weighted by Gasteiger charge is -2.09. The van der Waals surface area contributed by atoms with Gasteiger partial charge in [-0.25, -0.2) is 4.98 Å². The second-order valence-corrected chi connectivity index (χ2v) is 7.82. The van der Waals surface area contributed by atoms with Gasteiger partial charge in [-0.3, -0.25) is 0 Å². The van der Waals surface area contributed by atoms with E-state index in [9.17, 15) is 0 Å². The van der Waals surface area contributed by atoms with Gasteiger partial charge in [-0.2, -0.15) is 9.97 Å². The zero-order chi connectivity index (χ0) is 21.5. The number of hydrogen-bond acceptors (Lipinski definition) is 4. The lowest BCUT2D eigenvalue weighted by molar-refractivity contribution is 0.669. The van der Waals surface area contributed by atoms with E-state index in [0.717, 1.165) is 44.2 Å². The van der Waals surface area contributed by atoms with Crippen LogP contribution in [-0.2, 0) is 0 Å². The first-order chi connectivity index (χ1) is 15.8. The number of nitrogens with zero attached hydrogens (tertiary/aromatic N) is 3. The lowest BCUT2D eigenvalue weighted by atomic mass is 9.97. The molecule has 152 valence electrons. The van der Waals surface area contributed by atoms with Gasteiger partial charge in [-0.1, -0.05) is 78.9 Å². The zero-order valence-electron chi connectivity index (χ0n) is 16.9. The van der Waals surface area contributed by atoms with Gasteiger partial charge in [0.15, 0.2) is 11.6 Å². The normalized spacial score (nSPS) is 11.3. The highest BCUT2D eigenvalue weighted by molar-refractivity contribution is 6.28. The maximum absolute atomic E-state index is 6.30. The molecule has 2 heterocycles. The number of furan rings is 1. The van der Waals surface area contributed by atoms with E-state index in [1.807, 2.05) is 72.8 Å². The summed E-state index contributed by atoms with van der Waals surface area (Å²) < 4.78 is 6.22. The van der Waals surface area contributed by atoms with Crippen LogP contribution in [0.3, 0.4) is 0 Å². The summed E-state index contributed by atoms with van der Waals surface area (Å²) in [6.45, 7) is 0. The van der Waals surface area contributed by atoms with E-state index in [-0.39, 0.29) is 5.28 Å². The Morgan fingerprint density at radius 1 is 0.562 bits per heavy atom. The molecular weight excluding hydrogens is 418 g/mol. The molecular formula is C27H16ClN3O. The first kappa shape index (κ1) is 18.7. The van der Waals surface area contributed by atoms with E-state index < -0.39 is 0 Å². The molecule has 0 unspecified atom stereocenters. The Morgan fingerprint density at radius 3 is 1.94 bits per heavy atom. The molecule has 0 aliphatic carbocycles. The van der Waals surface area contributed by atoms with Crippen LogP contribution in [0.1, 0.15) is 0 Å². The molecule has 0 saturated heterocycles. The topological polar surface area (TPSA) is 51.8 Å². The molecule has 4 nitrogen and oxygen atoms in total. The molecule has 0 atom stereocenters. The Bertz CT molecular complexity index is 1580. The molecule has 2 aromatic heterocycles. The summed E-state index contributed by atoms with van der Waals surface area (Å²) in [7, 11) is 0. The molecule has 0 radical (unpaired) electrons. The Hall–Kier alpha value is -4.02. The van der Waals surface area contributed by atoms with Crippen LogP contribution < -0.4 is 0 Å². The zero-order valence-corrected chi connectivity index (χ0v) is 17.6. The number of para-hydroxylation sites is 1. The van der Waals surface area contributed by atoms with Gasteiger partial charge in [0.05, 0.1) is 0 Å². The molecule has 6 aromatic rings. The van der Waals surface area contributed by atoms with E-state index in [4.69, 9.17) is 21.0 Å². The minimum atomic E-state index is 0.153. The standard InChI is InChI=1S/C27H16ClN3O/c28-27-30-25(18-11-5-2-6-12-18)29-26(31-27)19-15-21(17-9-3-1-4-10-17)24-20-13-7-8-14-22(20)32-23(24)16-19/h1-16H. The fourth-order valence-electron chi connectivity index (χ4n) is 4.02. The largest absolute Gasteiger partial charge is 0.456 e. The highest BCUT2D eigenvalue weighted by atomic mass is 35.5. The average molecular weight is 434 g/mol. The van der Waals surface area contributed by atoms with Crippen LogP contribution in [-0.4, -0.2) is 15.0 Å². The predicted molar refractivity (Wildman–Crippen MR) is 128 cm³/mol.